The van der Waals surface area contributed by atoms with Crippen molar-refractivity contribution in [1.29, 1.82) is 0 Å². The first kappa shape index (κ1) is 13.2. The van der Waals surface area contributed by atoms with Crippen LogP contribution < -0.4 is 0 Å². The lowest BCUT2D eigenvalue weighted by Crippen LogP contribution is -2.15. The van der Waals surface area contributed by atoms with E-state index < -0.39 is 0 Å². The van der Waals surface area contributed by atoms with E-state index in [9.17, 15) is 0 Å². The van der Waals surface area contributed by atoms with Crippen LogP contribution in [0.25, 0.3) is 0 Å². The van der Waals surface area contributed by atoms with E-state index in [0.717, 1.165) is 17.8 Å². The van der Waals surface area contributed by atoms with Crippen molar-refractivity contribution >= 4 is 0 Å². The van der Waals surface area contributed by atoms with Crippen LogP contribution in [0.1, 0.15) is 75.0 Å². The van der Waals surface area contributed by atoms with Crippen molar-refractivity contribution < 1.29 is 0 Å². The van der Waals surface area contributed by atoms with Gasteiger partial charge in [-0.2, -0.15) is 0 Å². The van der Waals surface area contributed by atoms with Gasteiger partial charge in [-0.25, -0.2) is 0 Å². The van der Waals surface area contributed by atoms with E-state index in [-0.39, 0.29) is 0 Å². The number of rotatable bonds is 2. The Bertz CT molecular complexity index is 424. The molecule has 104 valence electrons. The number of hydrogen-bond donors (Lipinski definition) is 0. The molecular weight excluding hydrogens is 228 g/mol. The fraction of sp³-hybridized carbons (Fsp3) is 0.684. The lowest BCUT2D eigenvalue weighted by atomic mass is 9.76. The number of hydrogen-bond acceptors (Lipinski definition) is 0. The summed E-state index contributed by atoms with van der Waals surface area (Å²) in [6, 6.07) is 7.43. The minimum absolute atomic E-state index is 0.854. The van der Waals surface area contributed by atoms with E-state index >= 15 is 0 Å². The van der Waals surface area contributed by atoms with Crippen LogP contribution in [-0.2, 0) is 12.8 Å². The molecule has 0 N–H and O–H groups in total. The van der Waals surface area contributed by atoms with E-state index in [1.807, 2.05) is 0 Å². The molecule has 1 aromatic carbocycles. The first-order valence-electron chi connectivity index (χ1n) is 8.38. The summed E-state index contributed by atoms with van der Waals surface area (Å²) in [6.45, 7) is 4.74. The van der Waals surface area contributed by atoms with Gasteiger partial charge in [0.2, 0.25) is 0 Å². The van der Waals surface area contributed by atoms with Crippen molar-refractivity contribution in [2.75, 3.05) is 0 Å². The van der Waals surface area contributed by atoms with E-state index in [1.165, 1.54) is 51.4 Å². The van der Waals surface area contributed by atoms with E-state index in [0.29, 0.717) is 0 Å². The highest BCUT2D eigenvalue weighted by Crippen LogP contribution is 2.38. The van der Waals surface area contributed by atoms with Crippen molar-refractivity contribution in [2.45, 2.75) is 71.1 Å². The van der Waals surface area contributed by atoms with Crippen LogP contribution in [-0.4, -0.2) is 0 Å². The highest BCUT2D eigenvalue weighted by Gasteiger charge is 2.22. The van der Waals surface area contributed by atoms with Gasteiger partial charge < -0.3 is 0 Å². The van der Waals surface area contributed by atoms with Gasteiger partial charge in [-0.15, -0.1) is 0 Å². The minimum atomic E-state index is 0.854. The first-order valence-corrected chi connectivity index (χ1v) is 8.38. The summed E-state index contributed by atoms with van der Waals surface area (Å²) < 4.78 is 0. The molecule has 1 saturated carbocycles. The van der Waals surface area contributed by atoms with Crippen molar-refractivity contribution in [3.63, 3.8) is 0 Å². The van der Waals surface area contributed by atoms with Crippen LogP contribution in [0, 0.1) is 11.8 Å². The predicted octanol–water partition coefficient (Wildman–Crippen LogP) is 5.50. The molecule has 1 unspecified atom stereocenters. The molecule has 0 amide bonds. The van der Waals surface area contributed by atoms with Gasteiger partial charge in [0, 0.05) is 0 Å². The quantitative estimate of drug-likeness (QED) is 0.656. The van der Waals surface area contributed by atoms with Crippen LogP contribution in [0.2, 0.25) is 0 Å². The zero-order chi connectivity index (χ0) is 13.2. The van der Waals surface area contributed by atoms with E-state index in [2.05, 4.69) is 32.0 Å². The van der Waals surface area contributed by atoms with E-state index in [1.54, 1.807) is 16.7 Å². The largest absolute Gasteiger partial charge is 0.0651 e. The summed E-state index contributed by atoms with van der Waals surface area (Å²) >= 11 is 0. The minimum Gasteiger partial charge on any atom is -0.0651 e. The summed E-state index contributed by atoms with van der Waals surface area (Å²) in [4.78, 5) is 0. The Morgan fingerprint density at radius 1 is 1.00 bits per heavy atom. The molecule has 19 heavy (non-hydrogen) atoms. The Balaban J connectivity index is 1.72. The fourth-order valence-electron chi connectivity index (χ4n) is 4.12. The molecule has 0 saturated heterocycles. The molecule has 0 bridgehead atoms. The Hall–Kier alpha value is -0.780. The van der Waals surface area contributed by atoms with Gasteiger partial charge in [-0.1, -0.05) is 38.5 Å². The molecule has 2 aliphatic rings. The molecule has 1 fully saturated rings. The molecule has 0 radical (unpaired) electrons. The summed E-state index contributed by atoms with van der Waals surface area (Å²) in [7, 11) is 0. The smallest absolute Gasteiger partial charge is 0.0162 e. The SMILES string of the molecule is CCC1CCC(c2ccc3c(c2)CCC(C)C3)CC1. The fourth-order valence-corrected chi connectivity index (χ4v) is 4.12. The van der Waals surface area contributed by atoms with Gasteiger partial charge in [-0.05, 0) is 79.4 Å². The lowest BCUT2D eigenvalue weighted by molar-refractivity contribution is 0.318. The summed E-state index contributed by atoms with van der Waals surface area (Å²) in [5, 5.41) is 0. The van der Waals surface area contributed by atoms with Gasteiger partial charge in [0.05, 0.1) is 0 Å². The third-order valence-corrected chi connectivity index (χ3v) is 5.60. The Morgan fingerprint density at radius 3 is 2.53 bits per heavy atom. The topological polar surface area (TPSA) is 0 Å². The maximum Gasteiger partial charge on any atom is -0.0162 e. The molecule has 0 nitrogen and oxygen atoms in total. The second-order valence-corrected chi connectivity index (χ2v) is 7.00. The van der Waals surface area contributed by atoms with Gasteiger partial charge >= 0.3 is 0 Å². The van der Waals surface area contributed by atoms with Gasteiger partial charge in [0.1, 0.15) is 0 Å². The Labute approximate surface area is 118 Å². The third kappa shape index (κ3) is 2.88. The molecule has 0 spiro atoms. The first-order chi connectivity index (χ1) is 9.26. The van der Waals surface area contributed by atoms with Gasteiger partial charge in [-0.3, -0.25) is 0 Å². The summed E-state index contributed by atoms with van der Waals surface area (Å²) in [5.41, 5.74) is 4.93. The second kappa shape index (κ2) is 5.69. The molecule has 0 heteroatoms. The van der Waals surface area contributed by atoms with Crippen LogP contribution >= 0.6 is 0 Å². The molecule has 1 aromatic rings. The Morgan fingerprint density at radius 2 is 1.79 bits per heavy atom. The molecular formula is C19H28. The lowest BCUT2D eigenvalue weighted by Gasteiger charge is -2.29. The van der Waals surface area contributed by atoms with Crippen molar-refractivity contribution in [3.8, 4) is 0 Å². The highest BCUT2D eigenvalue weighted by molar-refractivity contribution is 5.36. The molecule has 0 heterocycles. The monoisotopic (exact) mass is 256 g/mol. The Kier molecular flexibility index (Phi) is 3.96. The number of fused-ring (bicyclic) bond motifs is 1. The summed E-state index contributed by atoms with van der Waals surface area (Å²) in [6.07, 6.45) is 11.1. The molecule has 2 aliphatic carbocycles. The van der Waals surface area contributed by atoms with Crippen LogP contribution in [0.4, 0.5) is 0 Å². The molecule has 0 aliphatic heterocycles. The second-order valence-electron chi connectivity index (χ2n) is 7.00. The number of benzene rings is 1. The van der Waals surface area contributed by atoms with E-state index in [4.69, 9.17) is 0 Å². The third-order valence-electron chi connectivity index (χ3n) is 5.60. The summed E-state index contributed by atoms with van der Waals surface area (Å²) in [5.74, 6) is 2.75. The average molecular weight is 256 g/mol. The average Bonchev–Trinajstić information content (AvgIpc) is 2.47. The van der Waals surface area contributed by atoms with Crippen LogP contribution in [0.3, 0.4) is 0 Å². The molecule has 1 atom stereocenters. The van der Waals surface area contributed by atoms with Gasteiger partial charge in [0.15, 0.2) is 0 Å². The maximum atomic E-state index is 2.55. The normalized spacial score (nSPS) is 30.9. The van der Waals surface area contributed by atoms with Crippen LogP contribution in [0.5, 0.6) is 0 Å². The highest BCUT2D eigenvalue weighted by atomic mass is 14.3. The zero-order valence-corrected chi connectivity index (χ0v) is 12.6. The van der Waals surface area contributed by atoms with Crippen molar-refractivity contribution in [2.24, 2.45) is 11.8 Å². The predicted molar refractivity (Wildman–Crippen MR) is 82.6 cm³/mol. The molecule has 3 rings (SSSR count). The van der Waals surface area contributed by atoms with Gasteiger partial charge in [0.25, 0.3) is 0 Å². The number of aryl methyl sites for hydroxylation is 1. The zero-order valence-electron chi connectivity index (χ0n) is 12.6. The van der Waals surface area contributed by atoms with Crippen molar-refractivity contribution in [3.05, 3.63) is 34.9 Å². The molecule has 0 aromatic heterocycles. The van der Waals surface area contributed by atoms with Crippen molar-refractivity contribution in [1.82, 2.24) is 0 Å². The van der Waals surface area contributed by atoms with Crippen LogP contribution in [0.15, 0.2) is 18.2 Å². The standard InChI is InChI=1S/C19H28/c1-3-15-5-8-16(9-6-15)18-11-10-17-12-14(2)4-7-19(17)13-18/h10-11,13-16H,3-9,12H2,1-2H3. The maximum absolute atomic E-state index is 2.55.